The first-order valence-corrected chi connectivity index (χ1v) is 11.2. The van der Waals surface area contributed by atoms with Gasteiger partial charge in [0.2, 0.25) is 0 Å². The Morgan fingerprint density at radius 2 is 1.89 bits per heavy atom. The molecule has 0 saturated heterocycles. The topological polar surface area (TPSA) is 63.4 Å². The molecular weight excluding hydrogens is 382 g/mol. The summed E-state index contributed by atoms with van der Waals surface area (Å²) in [5, 5.41) is 0. The van der Waals surface area contributed by atoms with Crippen LogP contribution < -0.4 is 5.73 Å². The minimum Gasteiger partial charge on any atom is -0.327 e. The van der Waals surface area contributed by atoms with Gasteiger partial charge in [0.25, 0.3) is 0 Å². The van der Waals surface area contributed by atoms with Crippen molar-refractivity contribution in [1.29, 1.82) is 0 Å². The van der Waals surface area contributed by atoms with Gasteiger partial charge in [-0.3, -0.25) is 4.90 Å². The first-order chi connectivity index (χ1) is 13.2. The predicted octanol–water partition coefficient (Wildman–Crippen LogP) is 3.17. The van der Waals surface area contributed by atoms with Gasteiger partial charge in [-0.2, -0.15) is 0 Å². The second kappa shape index (κ2) is 8.51. The van der Waals surface area contributed by atoms with Gasteiger partial charge in [0.15, 0.2) is 0 Å². The molecule has 7 heteroatoms. The normalized spacial score (nSPS) is 18.9. The third kappa shape index (κ3) is 5.25. The Labute approximate surface area is 164 Å². The predicted molar refractivity (Wildman–Crippen MR) is 107 cm³/mol. The van der Waals surface area contributed by atoms with Gasteiger partial charge in [-0.1, -0.05) is 36.4 Å². The van der Waals surface area contributed by atoms with E-state index in [1.807, 2.05) is 36.4 Å². The molecule has 2 aromatic rings. The average molecular weight is 406 g/mol. The van der Waals surface area contributed by atoms with Crippen LogP contribution in [0.25, 0.3) is 5.57 Å². The van der Waals surface area contributed by atoms with Crippen molar-refractivity contribution < 1.29 is 17.2 Å². The van der Waals surface area contributed by atoms with Crippen LogP contribution in [0.2, 0.25) is 0 Å². The first-order valence-electron chi connectivity index (χ1n) is 9.11. The Bertz CT molecular complexity index is 962. The van der Waals surface area contributed by atoms with Crippen molar-refractivity contribution in [3.63, 3.8) is 0 Å². The van der Waals surface area contributed by atoms with Crippen molar-refractivity contribution in [3.8, 4) is 0 Å². The molecule has 150 valence electrons. The van der Waals surface area contributed by atoms with Gasteiger partial charge in [-0.05, 0) is 35.8 Å². The highest BCUT2D eigenvalue weighted by Crippen LogP contribution is 2.35. The molecule has 3 rings (SSSR count). The molecule has 4 nitrogen and oxygen atoms in total. The fourth-order valence-electron chi connectivity index (χ4n) is 3.48. The fourth-order valence-corrected chi connectivity index (χ4v) is 4.21. The Morgan fingerprint density at radius 3 is 2.57 bits per heavy atom. The summed E-state index contributed by atoms with van der Waals surface area (Å²) in [6.45, 7) is 0.860. The van der Waals surface area contributed by atoms with E-state index in [9.17, 15) is 17.2 Å². The number of rotatable bonds is 7. The van der Waals surface area contributed by atoms with E-state index < -0.39 is 21.5 Å². The van der Waals surface area contributed by atoms with Crippen LogP contribution in [0.5, 0.6) is 0 Å². The summed E-state index contributed by atoms with van der Waals surface area (Å²) in [5.74, 6) is -0.934. The second-order valence-corrected chi connectivity index (χ2v) is 9.54. The van der Waals surface area contributed by atoms with E-state index in [1.165, 1.54) is 12.3 Å². The molecule has 0 spiro atoms. The highest BCUT2D eigenvalue weighted by molar-refractivity contribution is 7.90. The maximum atomic E-state index is 14.3. The molecule has 0 fully saturated rings. The van der Waals surface area contributed by atoms with Crippen molar-refractivity contribution in [2.24, 2.45) is 5.73 Å². The van der Waals surface area contributed by atoms with Gasteiger partial charge >= 0.3 is 0 Å². The van der Waals surface area contributed by atoms with Crippen molar-refractivity contribution in [1.82, 2.24) is 4.90 Å². The Hall–Kier alpha value is -2.09. The zero-order valence-corrected chi connectivity index (χ0v) is 16.5. The average Bonchev–Trinajstić information content (AvgIpc) is 3.06. The van der Waals surface area contributed by atoms with Gasteiger partial charge < -0.3 is 5.73 Å². The molecule has 0 aromatic heterocycles. The molecule has 1 heterocycles. The smallest absolute Gasteiger partial charge is 0.147 e. The largest absolute Gasteiger partial charge is 0.327 e. The number of hydrogen-bond acceptors (Lipinski definition) is 4. The third-order valence-corrected chi connectivity index (χ3v) is 5.85. The summed E-state index contributed by atoms with van der Waals surface area (Å²) < 4.78 is 50.7. The van der Waals surface area contributed by atoms with Crippen molar-refractivity contribution >= 4 is 15.4 Å². The van der Waals surface area contributed by atoms with Gasteiger partial charge in [0.05, 0.1) is 11.8 Å². The lowest BCUT2D eigenvalue weighted by Crippen LogP contribution is -2.38. The summed E-state index contributed by atoms with van der Waals surface area (Å²) in [6.07, 6.45) is 3.46. The first kappa shape index (κ1) is 20.6. The van der Waals surface area contributed by atoms with Crippen LogP contribution >= 0.6 is 0 Å². The van der Waals surface area contributed by atoms with Crippen molar-refractivity contribution in [3.05, 3.63) is 77.4 Å². The highest BCUT2D eigenvalue weighted by Gasteiger charge is 2.29. The summed E-state index contributed by atoms with van der Waals surface area (Å²) in [6, 6.07) is 12.7. The maximum Gasteiger partial charge on any atom is 0.147 e. The summed E-state index contributed by atoms with van der Waals surface area (Å²) >= 11 is 0. The molecular formula is C21H24F2N2O2S. The van der Waals surface area contributed by atoms with Crippen molar-refractivity contribution in [2.75, 3.05) is 25.1 Å². The highest BCUT2D eigenvalue weighted by atomic mass is 32.2. The quantitative estimate of drug-likeness (QED) is 0.767. The van der Waals surface area contributed by atoms with Crippen LogP contribution in [-0.2, 0) is 9.84 Å². The van der Waals surface area contributed by atoms with E-state index in [1.54, 1.807) is 0 Å². The number of sulfone groups is 1. The molecule has 0 amide bonds. The van der Waals surface area contributed by atoms with Crippen LogP contribution in [0.3, 0.4) is 0 Å². The monoisotopic (exact) mass is 406 g/mol. The minimum atomic E-state index is -3.09. The van der Waals surface area contributed by atoms with Crippen LogP contribution in [0.15, 0.2) is 54.6 Å². The molecule has 0 aliphatic carbocycles. The van der Waals surface area contributed by atoms with Crippen LogP contribution in [0.1, 0.15) is 23.6 Å². The van der Waals surface area contributed by atoms with E-state index in [2.05, 4.69) is 4.90 Å². The van der Waals surface area contributed by atoms with Gasteiger partial charge in [-0.15, -0.1) is 0 Å². The molecule has 0 saturated carbocycles. The third-order valence-electron chi connectivity index (χ3n) is 4.87. The molecule has 0 bridgehead atoms. The van der Waals surface area contributed by atoms with Crippen molar-refractivity contribution in [2.45, 2.75) is 18.5 Å². The van der Waals surface area contributed by atoms with E-state index in [-0.39, 0.29) is 23.4 Å². The Balaban J connectivity index is 1.84. The summed E-state index contributed by atoms with van der Waals surface area (Å²) in [5.41, 5.74) is 8.13. The van der Waals surface area contributed by atoms with E-state index >= 15 is 0 Å². The lowest BCUT2D eigenvalue weighted by Gasteiger charge is -2.27. The van der Waals surface area contributed by atoms with E-state index in [0.29, 0.717) is 25.1 Å². The molecule has 1 aliphatic heterocycles. The number of benzene rings is 2. The fraction of sp³-hybridized carbons (Fsp3) is 0.333. The van der Waals surface area contributed by atoms with Gasteiger partial charge in [-0.25, -0.2) is 17.2 Å². The van der Waals surface area contributed by atoms with Crippen LogP contribution in [0, 0.1) is 11.6 Å². The Kier molecular flexibility index (Phi) is 6.27. The molecule has 0 radical (unpaired) electrons. The zero-order valence-electron chi connectivity index (χ0n) is 15.7. The molecule has 2 N–H and O–H groups in total. The summed E-state index contributed by atoms with van der Waals surface area (Å²) in [7, 11) is -3.09. The van der Waals surface area contributed by atoms with Crippen LogP contribution in [0.4, 0.5) is 8.78 Å². The van der Waals surface area contributed by atoms with Crippen LogP contribution in [-0.4, -0.2) is 44.5 Å². The number of nitrogens with two attached hydrogens (primary N) is 1. The lowest BCUT2D eigenvalue weighted by atomic mass is 10.0. The maximum absolute atomic E-state index is 14.3. The molecule has 2 aromatic carbocycles. The number of hydrogen-bond donors (Lipinski definition) is 1. The number of halogens is 2. The SMILES string of the molecule is CS(=O)(=O)CC[C@H](N)CN1CC(c2cc(F)ccc2F)=CC1c1ccccc1. The lowest BCUT2D eigenvalue weighted by molar-refractivity contribution is 0.257. The molecule has 1 unspecified atom stereocenters. The Morgan fingerprint density at radius 1 is 1.18 bits per heavy atom. The summed E-state index contributed by atoms with van der Waals surface area (Å²) in [4.78, 5) is 2.07. The second-order valence-electron chi connectivity index (χ2n) is 7.28. The molecule has 2 atom stereocenters. The van der Waals surface area contributed by atoms with Gasteiger partial charge in [0, 0.05) is 31.0 Å². The minimum absolute atomic E-state index is 0.0246. The standard InChI is InChI=1S/C21H24F2N2O2S/c1-28(26,27)10-9-18(24)14-25-13-16(19-12-17(22)7-8-20(19)23)11-21(25)15-5-3-2-4-6-15/h2-8,11-12,18,21H,9-10,13-14,24H2,1H3/t18-,21?/m0/s1. The zero-order chi connectivity index (χ0) is 20.3. The molecule has 28 heavy (non-hydrogen) atoms. The van der Waals surface area contributed by atoms with E-state index in [0.717, 1.165) is 17.7 Å². The molecule has 1 aliphatic rings. The van der Waals surface area contributed by atoms with E-state index in [4.69, 9.17) is 5.73 Å². The number of nitrogens with zero attached hydrogens (tertiary/aromatic N) is 1. The van der Waals surface area contributed by atoms with Gasteiger partial charge in [0.1, 0.15) is 21.5 Å².